The summed E-state index contributed by atoms with van der Waals surface area (Å²) in [5.74, 6) is -0.916. The second kappa shape index (κ2) is 8.17. The minimum Gasteiger partial charge on any atom is -0.391 e. The van der Waals surface area contributed by atoms with Crippen LogP contribution in [0.5, 0.6) is 0 Å². The number of carbonyl (C=O) groups excluding carboxylic acids is 1. The number of benzene rings is 1. The predicted octanol–water partition coefficient (Wildman–Crippen LogP) is 3.48. The molecule has 0 saturated carbocycles. The van der Waals surface area contributed by atoms with E-state index in [4.69, 9.17) is 0 Å². The average molecular weight is 317 g/mol. The Labute approximate surface area is 128 Å². The Morgan fingerprint density at radius 2 is 1.95 bits per heavy atom. The van der Waals surface area contributed by atoms with Gasteiger partial charge < -0.3 is 10.4 Å². The van der Waals surface area contributed by atoms with E-state index < -0.39 is 23.8 Å². The lowest BCUT2D eigenvalue weighted by molar-refractivity contribution is -0.138. The van der Waals surface area contributed by atoms with E-state index in [1.54, 1.807) is 6.92 Å². The molecule has 0 aromatic heterocycles. The average Bonchev–Trinajstić information content (AvgIpc) is 2.44. The van der Waals surface area contributed by atoms with Gasteiger partial charge in [0, 0.05) is 13.0 Å². The minimum atomic E-state index is -4.43. The van der Waals surface area contributed by atoms with Crippen molar-refractivity contribution in [3.8, 4) is 0 Å². The van der Waals surface area contributed by atoms with Crippen molar-refractivity contribution in [2.45, 2.75) is 51.3 Å². The van der Waals surface area contributed by atoms with E-state index in [1.807, 2.05) is 6.92 Å². The molecule has 1 amide bonds. The summed E-state index contributed by atoms with van der Waals surface area (Å²) < 4.78 is 38.9. The number of rotatable bonds is 7. The van der Waals surface area contributed by atoms with Gasteiger partial charge in [-0.05, 0) is 24.0 Å². The fourth-order valence-corrected chi connectivity index (χ4v) is 2.31. The van der Waals surface area contributed by atoms with E-state index in [2.05, 4.69) is 5.32 Å². The molecule has 22 heavy (non-hydrogen) atoms. The van der Waals surface area contributed by atoms with Gasteiger partial charge in [-0.2, -0.15) is 13.2 Å². The van der Waals surface area contributed by atoms with Crippen LogP contribution in [0.25, 0.3) is 0 Å². The van der Waals surface area contributed by atoms with Crippen LogP contribution < -0.4 is 5.32 Å². The number of hydrogen-bond acceptors (Lipinski definition) is 2. The molecule has 2 unspecified atom stereocenters. The number of hydrogen-bond donors (Lipinski definition) is 2. The van der Waals surface area contributed by atoms with Gasteiger partial charge >= 0.3 is 6.18 Å². The first-order valence-electron chi connectivity index (χ1n) is 7.36. The van der Waals surface area contributed by atoms with Crippen molar-refractivity contribution in [2.24, 2.45) is 0 Å². The van der Waals surface area contributed by atoms with Crippen molar-refractivity contribution in [1.29, 1.82) is 0 Å². The van der Waals surface area contributed by atoms with E-state index >= 15 is 0 Å². The molecule has 0 heterocycles. The summed E-state index contributed by atoms with van der Waals surface area (Å²) in [5.41, 5.74) is -0.597. The van der Waals surface area contributed by atoms with Crippen LogP contribution in [0.15, 0.2) is 24.3 Å². The highest BCUT2D eigenvalue weighted by Crippen LogP contribution is 2.35. The number of nitrogens with one attached hydrogen (secondary N) is 1. The first-order chi connectivity index (χ1) is 10.3. The second-order valence-corrected chi connectivity index (χ2v) is 5.44. The molecule has 2 atom stereocenters. The number of amides is 1. The normalized spacial score (nSPS) is 14.5. The fraction of sp³-hybridized carbons (Fsp3) is 0.562. The topological polar surface area (TPSA) is 49.3 Å². The van der Waals surface area contributed by atoms with E-state index in [1.165, 1.54) is 18.2 Å². The Bertz CT molecular complexity index is 489. The van der Waals surface area contributed by atoms with Crippen LogP contribution >= 0.6 is 0 Å². The molecule has 1 rings (SSSR count). The van der Waals surface area contributed by atoms with E-state index in [0.29, 0.717) is 6.42 Å². The highest BCUT2D eigenvalue weighted by molar-refractivity contribution is 5.76. The Hall–Kier alpha value is -1.56. The highest BCUT2D eigenvalue weighted by atomic mass is 19.4. The van der Waals surface area contributed by atoms with Crippen molar-refractivity contribution in [1.82, 2.24) is 5.32 Å². The largest absolute Gasteiger partial charge is 0.416 e. The Morgan fingerprint density at radius 3 is 2.55 bits per heavy atom. The van der Waals surface area contributed by atoms with Crippen LogP contribution in [0.2, 0.25) is 0 Å². The van der Waals surface area contributed by atoms with Crippen LogP contribution in [0.3, 0.4) is 0 Å². The molecule has 1 aromatic rings. The smallest absolute Gasteiger partial charge is 0.391 e. The first-order valence-corrected chi connectivity index (χ1v) is 7.36. The van der Waals surface area contributed by atoms with Crippen LogP contribution in [-0.2, 0) is 11.0 Å². The maximum absolute atomic E-state index is 13.0. The lowest BCUT2D eigenvalue weighted by Gasteiger charge is -2.18. The van der Waals surface area contributed by atoms with Gasteiger partial charge in [0.2, 0.25) is 5.91 Å². The van der Waals surface area contributed by atoms with Crippen molar-refractivity contribution >= 4 is 5.91 Å². The van der Waals surface area contributed by atoms with Crippen LogP contribution in [0.1, 0.15) is 50.2 Å². The molecule has 0 radical (unpaired) electrons. The van der Waals surface area contributed by atoms with Gasteiger partial charge in [0.15, 0.2) is 0 Å². The van der Waals surface area contributed by atoms with Gasteiger partial charge in [0.25, 0.3) is 0 Å². The van der Waals surface area contributed by atoms with Crippen molar-refractivity contribution in [2.75, 3.05) is 6.54 Å². The van der Waals surface area contributed by atoms with Crippen molar-refractivity contribution in [3.05, 3.63) is 35.4 Å². The summed E-state index contributed by atoms with van der Waals surface area (Å²) in [4.78, 5) is 11.8. The standard InChI is InChI=1S/C16H22F3NO2/c1-3-6-12(21)10-20-15(22)9-11(2)13-7-4-5-8-14(13)16(17,18)19/h4-5,7-8,11-12,21H,3,6,9-10H2,1-2H3,(H,20,22). The fourth-order valence-electron chi connectivity index (χ4n) is 2.31. The van der Waals surface area contributed by atoms with Crippen LogP contribution in [0.4, 0.5) is 13.2 Å². The summed E-state index contributed by atoms with van der Waals surface area (Å²) in [6, 6.07) is 5.28. The molecular formula is C16H22F3NO2. The first kappa shape index (κ1) is 18.5. The van der Waals surface area contributed by atoms with E-state index in [9.17, 15) is 23.1 Å². The number of carbonyl (C=O) groups is 1. The highest BCUT2D eigenvalue weighted by Gasteiger charge is 2.34. The number of alkyl halides is 3. The van der Waals surface area contributed by atoms with Crippen molar-refractivity contribution in [3.63, 3.8) is 0 Å². The van der Waals surface area contributed by atoms with Gasteiger partial charge in [-0.1, -0.05) is 38.5 Å². The summed E-state index contributed by atoms with van der Waals surface area (Å²) in [5, 5.41) is 12.1. The third kappa shape index (κ3) is 5.67. The predicted molar refractivity (Wildman–Crippen MR) is 78.4 cm³/mol. The van der Waals surface area contributed by atoms with Crippen LogP contribution in [0, 0.1) is 0 Å². The van der Waals surface area contributed by atoms with Crippen molar-refractivity contribution < 1.29 is 23.1 Å². The zero-order valence-corrected chi connectivity index (χ0v) is 12.8. The summed E-state index contributed by atoms with van der Waals surface area (Å²) in [6.07, 6.45) is -3.73. The third-order valence-corrected chi connectivity index (χ3v) is 3.45. The minimum absolute atomic E-state index is 0.0497. The Kier molecular flexibility index (Phi) is 6.87. The molecule has 0 fully saturated rings. The molecular weight excluding hydrogens is 295 g/mol. The van der Waals surface area contributed by atoms with Gasteiger partial charge in [-0.15, -0.1) is 0 Å². The Balaban J connectivity index is 2.66. The zero-order chi connectivity index (χ0) is 16.8. The van der Waals surface area contributed by atoms with Gasteiger partial charge in [-0.25, -0.2) is 0 Å². The number of aliphatic hydroxyl groups excluding tert-OH is 1. The number of halogens is 3. The molecule has 6 heteroatoms. The summed E-state index contributed by atoms with van der Waals surface area (Å²) in [6.45, 7) is 3.63. The molecule has 3 nitrogen and oxygen atoms in total. The summed E-state index contributed by atoms with van der Waals surface area (Å²) >= 11 is 0. The molecule has 1 aromatic carbocycles. The lowest BCUT2D eigenvalue weighted by Crippen LogP contribution is -2.32. The van der Waals surface area contributed by atoms with Gasteiger partial charge in [-0.3, -0.25) is 4.79 Å². The van der Waals surface area contributed by atoms with E-state index in [0.717, 1.165) is 12.5 Å². The maximum atomic E-state index is 13.0. The van der Waals surface area contributed by atoms with Gasteiger partial charge in [0.05, 0.1) is 11.7 Å². The molecule has 0 aliphatic carbocycles. The molecule has 0 bridgehead atoms. The summed E-state index contributed by atoms with van der Waals surface area (Å²) in [7, 11) is 0. The van der Waals surface area contributed by atoms with Crippen LogP contribution in [-0.4, -0.2) is 23.7 Å². The Morgan fingerprint density at radius 1 is 1.32 bits per heavy atom. The monoisotopic (exact) mass is 317 g/mol. The zero-order valence-electron chi connectivity index (χ0n) is 12.8. The molecule has 0 aliphatic heterocycles. The SMILES string of the molecule is CCCC(O)CNC(=O)CC(C)c1ccccc1C(F)(F)F. The quantitative estimate of drug-likeness (QED) is 0.809. The third-order valence-electron chi connectivity index (χ3n) is 3.45. The molecule has 0 spiro atoms. The maximum Gasteiger partial charge on any atom is 0.416 e. The molecule has 124 valence electrons. The lowest BCUT2D eigenvalue weighted by atomic mass is 9.92. The second-order valence-electron chi connectivity index (χ2n) is 5.44. The van der Waals surface area contributed by atoms with Gasteiger partial charge in [0.1, 0.15) is 0 Å². The number of aliphatic hydroxyl groups is 1. The van der Waals surface area contributed by atoms with E-state index in [-0.39, 0.29) is 24.4 Å². The molecule has 2 N–H and O–H groups in total. The molecule has 0 saturated heterocycles. The molecule has 0 aliphatic rings.